The minimum absolute atomic E-state index is 0.0785. The first kappa shape index (κ1) is 17.3. The van der Waals surface area contributed by atoms with Crippen molar-refractivity contribution in [1.29, 1.82) is 0 Å². The second-order valence-corrected chi connectivity index (χ2v) is 6.91. The van der Waals surface area contributed by atoms with Crippen molar-refractivity contribution in [1.82, 2.24) is 4.98 Å². The molecule has 142 valence electrons. The number of pyridine rings is 1. The summed E-state index contributed by atoms with van der Waals surface area (Å²) in [4.78, 5) is 32.4. The summed E-state index contributed by atoms with van der Waals surface area (Å²) in [5.41, 5.74) is 1.00. The van der Waals surface area contributed by atoms with Crippen molar-refractivity contribution in [3.63, 3.8) is 0 Å². The van der Waals surface area contributed by atoms with E-state index in [2.05, 4.69) is 4.98 Å². The molecule has 6 heteroatoms. The lowest BCUT2D eigenvalue weighted by molar-refractivity contribution is 0.0970. The fraction of sp³-hybridized carbons (Fsp3) is 0.0870. The Morgan fingerprint density at radius 1 is 0.966 bits per heavy atom. The molecule has 5 nitrogen and oxygen atoms in total. The van der Waals surface area contributed by atoms with E-state index in [0.717, 1.165) is 0 Å². The standard InChI is InChI=1S/C23H15FN2O3/c1-13-7-6-12-18(25-13)26-20(14-8-2-4-10-16(14)24)19-21(27)15-9-3-5-11-17(15)29-22(19)23(26)28/h2-12,20H,1H3. The van der Waals surface area contributed by atoms with Crippen LogP contribution in [0, 0.1) is 12.7 Å². The molecule has 2 aromatic carbocycles. The molecule has 1 aliphatic rings. The van der Waals surface area contributed by atoms with Gasteiger partial charge < -0.3 is 4.42 Å². The molecule has 1 amide bonds. The summed E-state index contributed by atoms with van der Waals surface area (Å²) >= 11 is 0. The highest BCUT2D eigenvalue weighted by Gasteiger charge is 2.45. The third kappa shape index (κ3) is 2.56. The van der Waals surface area contributed by atoms with Gasteiger partial charge in [0, 0.05) is 11.3 Å². The second kappa shape index (κ2) is 6.38. The topological polar surface area (TPSA) is 63.4 Å². The third-order valence-corrected chi connectivity index (χ3v) is 5.10. The first-order chi connectivity index (χ1) is 14.1. The first-order valence-corrected chi connectivity index (χ1v) is 9.13. The van der Waals surface area contributed by atoms with Crippen LogP contribution in [-0.2, 0) is 0 Å². The lowest BCUT2D eigenvalue weighted by atomic mass is 9.98. The van der Waals surface area contributed by atoms with Gasteiger partial charge in [0.1, 0.15) is 17.2 Å². The fourth-order valence-electron chi connectivity index (χ4n) is 3.81. The number of halogens is 1. The molecule has 4 aromatic rings. The normalized spacial score (nSPS) is 15.7. The molecule has 0 N–H and O–H groups in total. The monoisotopic (exact) mass is 386 g/mol. The number of amides is 1. The molecule has 1 atom stereocenters. The van der Waals surface area contributed by atoms with Crippen LogP contribution in [0.25, 0.3) is 11.0 Å². The number of nitrogens with zero attached hydrogens (tertiary/aromatic N) is 2. The molecule has 0 saturated carbocycles. The van der Waals surface area contributed by atoms with E-state index in [1.165, 1.54) is 11.0 Å². The number of aryl methyl sites for hydroxylation is 1. The van der Waals surface area contributed by atoms with Crippen molar-refractivity contribution in [2.45, 2.75) is 13.0 Å². The van der Waals surface area contributed by atoms with Crippen LogP contribution in [0.3, 0.4) is 0 Å². The Bertz CT molecular complexity index is 1350. The van der Waals surface area contributed by atoms with Gasteiger partial charge >= 0.3 is 0 Å². The molecule has 0 aliphatic carbocycles. The predicted molar refractivity (Wildman–Crippen MR) is 107 cm³/mol. The Labute approximate surface area is 165 Å². The molecular formula is C23H15FN2O3. The van der Waals surface area contributed by atoms with Crippen LogP contribution in [0.5, 0.6) is 0 Å². The quantitative estimate of drug-likeness (QED) is 0.513. The maximum Gasteiger partial charge on any atom is 0.296 e. The number of carbonyl (C=O) groups excluding carboxylic acids is 1. The minimum atomic E-state index is -0.964. The summed E-state index contributed by atoms with van der Waals surface area (Å²) in [6, 6.07) is 17.1. The molecule has 0 fully saturated rings. The van der Waals surface area contributed by atoms with Gasteiger partial charge in [-0.1, -0.05) is 36.4 Å². The highest BCUT2D eigenvalue weighted by atomic mass is 19.1. The van der Waals surface area contributed by atoms with E-state index in [1.807, 2.05) is 0 Å². The minimum Gasteiger partial charge on any atom is -0.450 e. The number of fused-ring (bicyclic) bond motifs is 2. The zero-order valence-corrected chi connectivity index (χ0v) is 15.4. The maximum absolute atomic E-state index is 14.8. The third-order valence-electron chi connectivity index (χ3n) is 5.10. The van der Waals surface area contributed by atoms with Crippen LogP contribution in [0.4, 0.5) is 10.2 Å². The Balaban J connectivity index is 1.86. The number of rotatable bonds is 2. The van der Waals surface area contributed by atoms with Gasteiger partial charge in [-0.2, -0.15) is 0 Å². The van der Waals surface area contributed by atoms with Crippen LogP contribution >= 0.6 is 0 Å². The van der Waals surface area contributed by atoms with Crippen LogP contribution in [0.1, 0.15) is 33.4 Å². The van der Waals surface area contributed by atoms with E-state index in [1.54, 1.807) is 67.6 Å². The summed E-state index contributed by atoms with van der Waals surface area (Å²) in [5, 5.41) is 0.347. The van der Waals surface area contributed by atoms with Gasteiger partial charge in [-0.15, -0.1) is 0 Å². The zero-order valence-electron chi connectivity index (χ0n) is 15.4. The Kier molecular flexibility index (Phi) is 3.81. The average molecular weight is 386 g/mol. The largest absolute Gasteiger partial charge is 0.450 e. The molecule has 29 heavy (non-hydrogen) atoms. The lowest BCUT2D eigenvalue weighted by Gasteiger charge is -2.24. The van der Waals surface area contributed by atoms with Gasteiger partial charge in [0.15, 0.2) is 5.43 Å². The summed E-state index contributed by atoms with van der Waals surface area (Å²) in [6.07, 6.45) is 0. The number of para-hydroxylation sites is 1. The first-order valence-electron chi connectivity index (χ1n) is 9.13. The molecule has 1 aliphatic heterocycles. The molecule has 0 saturated heterocycles. The summed E-state index contributed by atoms with van der Waals surface area (Å²) in [7, 11) is 0. The van der Waals surface area contributed by atoms with Crippen LogP contribution in [0.2, 0.25) is 0 Å². The predicted octanol–water partition coefficient (Wildman–Crippen LogP) is 4.39. The number of benzene rings is 2. The van der Waals surface area contributed by atoms with Crippen molar-refractivity contribution in [3.8, 4) is 0 Å². The number of hydrogen-bond acceptors (Lipinski definition) is 4. The van der Waals surface area contributed by atoms with Crippen molar-refractivity contribution in [3.05, 3.63) is 105 Å². The summed E-state index contributed by atoms with van der Waals surface area (Å²) in [5.74, 6) is -0.777. The Hall–Kier alpha value is -3.80. The lowest BCUT2D eigenvalue weighted by Crippen LogP contribution is -2.31. The van der Waals surface area contributed by atoms with Gasteiger partial charge in [-0.25, -0.2) is 9.37 Å². The Morgan fingerprint density at radius 3 is 2.52 bits per heavy atom. The summed E-state index contributed by atoms with van der Waals surface area (Å²) in [6.45, 7) is 1.80. The van der Waals surface area contributed by atoms with Gasteiger partial charge in [0.05, 0.1) is 17.0 Å². The highest BCUT2D eigenvalue weighted by molar-refractivity contribution is 6.10. The van der Waals surface area contributed by atoms with E-state index in [-0.39, 0.29) is 22.3 Å². The van der Waals surface area contributed by atoms with Gasteiger partial charge in [-0.05, 0) is 37.3 Å². The molecule has 2 aromatic heterocycles. The van der Waals surface area contributed by atoms with E-state index < -0.39 is 17.8 Å². The molecule has 3 heterocycles. The van der Waals surface area contributed by atoms with Gasteiger partial charge in [0.25, 0.3) is 5.91 Å². The average Bonchev–Trinajstić information content (AvgIpc) is 3.01. The van der Waals surface area contributed by atoms with E-state index in [9.17, 15) is 14.0 Å². The van der Waals surface area contributed by atoms with Crippen LogP contribution in [0.15, 0.2) is 75.9 Å². The van der Waals surface area contributed by atoms with Crippen molar-refractivity contribution in [2.75, 3.05) is 4.90 Å². The number of anilines is 1. The van der Waals surface area contributed by atoms with E-state index in [0.29, 0.717) is 22.5 Å². The van der Waals surface area contributed by atoms with Gasteiger partial charge in [-0.3, -0.25) is 14.5 Å². The molecule has 0 radical (unpaired) electrons. The number of carbonyl (C=O) groups is 1. The summed E-state index contributed by atoms with van der Waals surface area (Å²) < 4.78 is 20.6. The van der Waals surface area contributed by atoms with Gasteiger partial charge in [0.2, 0.25) is 5.76 Å². The second-order valence-electron chi connectivity index (χ2n) is 6.91. The molecule has 0 spiro atoms. The maximum atomic E-state index is 14.8. The molecule has 0 bridgehead atoms. The smallest absolute Gasteiger partial charge is 0.296 e. The highest BCUT2D eigenvalue weighted by Crippen LogP contribution is 2.41. The number of hydrogen-bond donors (Lipinski definition) is 0. The number of aromatic nitrogens is 1. The Morgan fingerprint density at radius 2 is 1.72 bits per heavy atom. The fourth-order valence-corrected chi connectivity index (χ4v) is 3.81. The van der Waals surface area contributed by atoms with E-state index in [4.69, 9.17) is 4.42 Å². The van der Waals surface area contributed by atoms with Crippen LogP contribution in [-0.4, -0.2) is 10.9 Å². The SMILES string of the molecule is Cc1cccc(N2C(=O)c3oc4ccccc4c(=O)c3C2c2ccccc2F)n1. The van der Waals surface area contributed by atoms with E-state index >= 15 is 0 Å². The van der Waals surface area contributed by atoms with Crippen molar-refractivity contribution < 1.29 is 13.6 Å². The zero-order chi connectivity index (χ0) is 20.1. The molecular weight excluding hydrogens is 371 g/mol. The van der Waals surface area contributed by atoms with Crippen molar-refractivity contribution >= 4 is 22.7 Å². The molecule has 1 unspecified atom stereocenters. The molecule has 5 rings (SSSR count). The van der Waals surface area contributed by atoms with Crippen LogP contribution < -0.4 is 10.3 Å². The van der Waals surface area contributed by atoms with Crippen molar-refractivity contribution in [2.24, 2.45) is 0 Å².